The zero-order valence-electron chi connectivity index (χ0n) is 14.0. The number of aryl methyl sites for hydroxylation is 1. The SMILES string of the molecule is CCOc1cccc(C(c2ccc(C)cn2)N2CCNCC2)c1. The van der Waals surface area contributed by atoms with Crippen LogP contribution in [0.25, 0.3) is 0 Å². The predicted octanol–water partition coefficient (Wildman–Crippen LogP) is 2.78. The first-order valence-electron chi connectivity index (χ1n) is 8.38. The van der Waals surface area contributed by atoms with Crippen LogP contribution in [0.5, 0.6) is 5.75 Å². The molecule has 23 heavy (non-hydrogen) atoms. The number of pyridine rings is 1. The van der Waals surface area contributed by atoms with Crippen LogP contribution >= 0.6 is 0 Å². The van der Waals surface area contributed by atoms with E-state index in [-0.39, 0.29) is 6.04 Å². The summed E-state index contributed by atoms with van der Waals surface area (Å²) in [5, 5.41) is 3.43. The molecule has 2 aromatic rings. The molecule has 1 saturated heterocycles. The normalized spacial score (nSPS) is 17.0. The second-order valence-corrected chi connectivity index (χ2v) is 5.95. The molecule has 1 aliphatic rings. The van der Waals surface area contributed by atoms with Crippen molar-refractivity contribution in [3.05, 3.63) is 59.4 Å². The molecule has 0 bridgehead atoms. The van der Waals surface area contributed by atoms with E-state index in [4.69, 9.17) is 9.72 Å². The van der Waals surface area contributed by atoms with Crippen LogP contribution in [0.2, 0.25) is 0 Å². The smallest absolute Gasteiger partial charge is 0.119 e. The molecule has 1 aliphatic heterocycles. The molecule has 1 fully saturated rings. The van der Waals surface area contributed by atoms with Gasteiger partial charge in [0.05, 0.1) is 18.3 Å². The molecule has 0 aliphatic carbocycles. The minimum atomic E-state index is 0.179. The third-order valence-electron chi connectivity index (χ3n) is 4.22. The van der Waals surface area contributed by atoms with Crippen LogP contribution in [-0.2, 0) is 0 Å². The number of nitrogens with one attached hydrogen (secondary N) is 1. The summed E-state index contributed by atoms with van der Waals surface area (Å²) >= 11 is 0. The average molecular weight is 311 g/mol. The molecule has 0 spiro atoms. The Kier molecular flexibility index (Phi) is 5.26. The van der Waals surface area contributed by atoms with E-state index >= 15 is 0 Å². The van der Waals surface area contributed by atoms with E-state index in [9.17, 15) is 0 Å². The van der Waals surface area contributed by atoms with Crippen LogP contribution in [-0.4, -0.2) is 42.7 Å². The number of ether oxygens (including phenoxy) is 1. The Morgan fingerprint density at radius 1 is 1.22 bits per heavy atom. The summed E-state index contributed by atoms with van der Waals surface area (Å²) in [5.41, 5.74) is 3.54. The lowest BCUT2D eigenvalue weighted by Crippen LogP contribution is -2.45. The first-order chi connectivity index (χ1) is 11.3. The fourth-order valence-corrected chi connectivity index (χ4v) is 3.09. The minimum absolute atomic E-state index is 0.179. The molecule has 1 unspecified atom stereocenters. The standard InChI is InChI=1S/C19H25N3O/c1-3-23-17-6-4-5-16(13-17)19(22-11-9-20-10-12-22)18-8-7-15(2)14-21-18/h4-8,13-14,19-20H,3,9-12H2,1-2H3. The fraction of sp³-hybridized carbons (Fsp3) is 0.421. The van der Waals surface area contributed by atoms with Crippen molar-refractivity contribution < 1.29 is 4.74 Å². The molecule has 1 atom stereocenters. The molecule has 0 amide bonds. The lowest BCUT2D eigenvalue weighted by Gasteiger charge is -2.35. The van der Waals surface area contributed by atoms with Crippen molar-refractivity contribution in [2.45, 2.75) is 19.9 Å². The van der Waals surface area contributed by atoms with Crippen LogP contribution in [0.15, 0.2) is 42.6 Å². The van der Waals surface area contributed by atoms with Gasteiger partial charge in [-0.15, -0.1) is 0 Å². The summed E-state index contributed by atoms with van der Waals surface area (Å²) in [7, 11) is 0. The van der Waals surface area contributed by atoms with Gasteiger partial charge in [-0.25, -0.2) is 0 Å². The van der Waals surface area contributed by atoms with Gasteiger partial charge >= 0.3 is 0 Å². The minimum Gasteiger partial charge on any atom is -0.494 e. The fourth-order valence-electron chi connectivity index (χ4n) is 3.09. The Morgan fingerprint density at radius 3 is 2.74 bits per heavy atom. The summed E-state index contributed by atoms with van der Waals surface area (Å²) in [6, 6.07) is 12.9. The van der Waals surface area contributed by atoms with Crippen LogP contribution in [0.3, 0.4) is 0 Å². The average Bonchev–Trinajstić information content (AvgIpc) is 2.59. The highest BCUT2D eigenvalue weighted by atomic mass is 16.5. The second kappa shape index (κ2) is 7.57. The molecule has 1 aromatic carbocycles. The van der Waals surface area contributed by atoms with Crippen molar-refractivity contribution in [3.8, 4) is 5.75 Å². The third-order valence-corrected chi connectivity index (χ3v) is 4.22. The molecule has 122 valence electrons. The van der Waals surface area contributed by atoms with Crippen LogP contribution in [0.4, 0.5) is 0 Å². The van der Waals surface area contributed by atoms with Gasteiger partial charge in [0.2, 0.25) is 0 Å². The van der Waals surface area contributed by atoms with Gasteiger partial charge in [-0.3, -0.25) is 9.88 Å². The topological polar surface area (TPSA) is 37.4 Å². The maximum absolute atomic E-state index is 5.69. The number of nitrogens with zero attached hydrogens (tertiary/aromatic N) is 2. The summed E-state index contributed by atoms with van der Waals surface area (Å²) in [6.07, 6.45) is 1.96. The van der Waals surface area contributed by atoms with E-state index in [1.54, 1.807) is 0 Å². The second-order valence-electron chi connectivity index (χ2n) is 5.95. The first-order valence-corrected chi connectivity index (χ1v) is 8.38. The van der Waals surface area contributed by atoms with Crippen LogP contribution < -0.4 is 10.1 Å². The molecule has 0 radical (unpaired) electrons. The summed E-state index contributed by atoms with van der Waals surface area (Å²) in [5.74, 6) is 0.928. The van der Waals surface area contributed by atoms with Gasteiger partial charge < -0.3 is 10.1 Å². The Bertz CT molecular complexity index is 621. The van der Waals surface area contributed by atoms with E-state index in [2.05, 4.69) is 47.5 Å². The number of aromatic nitrogens is 1. The zero-order chi connectivity index (χ0) is 16.1. The Balaban J connectivity index is 1.96. The van der Waals surface area contributed by atoms with Gasteiger partial charge in [0.1, 0.15) is 5.75 Å². The van der Waals surface area contributed by atoms with E-state index in [0.717, 1.165) is 37.6 Å². The van der Waals surface area contributed by atoms with E-state index in [1.165, 1.54) is 11.1 Å². The van der Waals surface area contributed by atoms with Crippen LogP contribution in [0, 0.1) is 6.92 Å². The number of piperazine rings is 1. The van der Waals surface area contributed by atoms with E-state index in [0.29, 0.717) is 6.61 Å². The van der Waals surface area contributed by atoms with E-state index in [1.807, 2.05) is 19.2 Å². The molecule has 4 heteroatoms. The Morgan fingerprint density at radius 2 is 2.04 bits per heavy atom. The first kappa shape index (κ1) is 16.0. The number of rotatable bonds is 5. The van der Waals surface area contributed by atoms with Crippen LogP contribution in [0.1, 0.15) is 29.8 Å². The highest BCUT2D eigenvalue weighted by Gasteiger charge is 2.25. The van der Waals surface area contributed by atoms with Crippen molar-refractivity contribution in [1.29, 1.82) is 0 Å². The lowest BCUT2D eigenvalue weighted by atomic mass is 10.00. The van der Waals surface area contributed by atoms with Gasteiger partial charge in [0.15, 0.2) is 0 Å². The van der Waals surface area contributed by atoms with Crippen molar-refractivity contribution in [3.63, 3.8) is 0 Å². The molecule has 1 N–H and O–H groups in total. The van der Waals surface area contributed by atoms with Crippen molar-refractivity contribution in [2.75, 3.05) is 32.8 Å². The quantitative estimate of drug-likeness (QED) is 0.921. The van der Waals surface area contributed by atoms with Gasteiger partial charge in [-0.05, 0) is 43.2 Å². The maximum atomic E-state index is 5.69. The summed E-state index contributed by atoms with van der Waals surface area (Å²) in [6.45, 7) is 8.87. The van der Waals surface area contributed by atoms with Gasteiger partial charge in [-0.2, -0.15) is 0 Å². The largest absolute Gasteiger partial charge is 0.494 e. The van der Waals surface area contributed by atoms with Crippen molar-refractivity contribution >= 4 is 0 Å². The molecule has 4 nitrogen and oxygen atoms in total. The molecular weight excluding hydrogens is 286 g/mol. The summed E-state index contributed by atoms with van der Waals surface area (Å²) < 4.78 is 5.69. The van der Waals surface area contributed by atoms with Gasteiger partial charge in [-0.1, -0.05) is 18.2 Å². The van der Waals surface area contributed by atoms with Gasteiger partial charge in [0, 0.05) is 32.4 Å². The molecule has 1 aromatic heterocycles. The molecular formula is C19H25N3O. The molecule has 0 saturated carbocycles. The number of hydrogen-bond donors (Lipinski definition) is 1. The highest BCUT2D eigenvalue weighted by Crippen LogP contribution is 2.30. The third kappa shape index (κ3) is 3.89. The number of benzene rings is 1. The predicted molar refractivity (Wildman–Crippen MR) is 92.9 cm³/mol. The Labute approximate surface area is 138 Å². The maximum Gasteiger partial charge on any atom is 0.119 e. The summed E-state index contributed by atoms with van der Waals surface area (Å²) in [4.78, 5) is 7.20. The van der Waals surface area contributed by atoms with E-state index < -0.39 is 0 Å². The van der Waals surface area contributed by atoms with Crippen molar-refractivity contribution in [2.24, 2.45) is 0 Å². The Hall–Kier alpha value is -1.91. The molecule has 2 heterocycles. The molecule has 3 rings (SSSR count). The van der Waals surface area contributed by atoms with Gasteiger partial charge in [0.25, 0.3) is 0 Å². The monoisotopic (exact) mass is 311 g/mol. The lowest BCUT2D eigenvalue weighted by molar-refractivity contribution is 0.195. The zero-order valence-corrected chi connectivity index (χ0v) is 14.0. The highest BCUT2D eigenvalue weighted by molar-refractivity contribution is 5.35. The number of hydrogen-bond acceptors (Lipinski definition) is 4. The van der Waals surface area contributed by atoms with Crippen molar-refractivity contribution in [1.82, 2.24) is 15.2 Å².